The quantitative estimate of drug-likeness (QED) is 0.669. The first-order valence-corrected chi connectivity index (χ1v) is 4.36. The summed E-state index contributed by atoms with van der Waals surface area (Å²) in [7, 11) is 1.47. The van der Waals surface area contributed by atoms with Crippen molar-refractivity contribution in [3.05, 3.63) is 23.8 Å². The summed E-state index contributed by atoms with van der Waals surface area (Å²) in [4.78, 5) is 0. The van der Waals surface area contributed by atoms with Gasteiger partial charge in [-0.15, -0.1) is 0 Å². The van der Waals surface area contributed by atoms with E-state index in [2.05, 4.69) is 0 Å². The first kappa shape index (κ1) is 10.8. The molecule has 1 aromatic rings. The SMILES string of the molecule is COc1cc([C@H](N)[C@@H](C)O)ccc1O. The van der Waals surface area contributed by atoms with Gasteiger partial charge in [-0.05, 0) is 24.6 Å². The molecule has 0 fully saturated rings. The molecule has 0 radical (unpaired) electrons. The van der Waals surface area contributed by atoms with Gasteiger partial charge in [0.25, 0.3) is 0 Å². The number of ether oxygens (including phenoxy) is 1. The number of phenolic OH excluding ortho intramolecular Hbond substituents is 1. The van der Waals surface area contributed by atoms with E-state index in [4.69, 9.17) is 10.5 Å². The zero-order valence-corrected chi connectivity index (χ0v) is 8.27. The molecule has 0 unspecified atom stereocenters. The van der Waals surface area contributed by atoms with Gasteiger partial charge in [-0.3, -0.25) is 0 Å². The van der Waals surface area contributed by atoms with Crippen LogP contribution < -0.4 is 10.5 Å². The van der Waals surface area contributed by atoms with E-state index >= 15 is 0 Å². The van der Waals surface area contributed by atoms with Crippen LogP contribution in [0.15, 0.2) is 18.2 Å². The molecule has 0 aromatic heterocycles. The minimum Gasteiger partial charge on any atom is -0.504 e. The second kappa shape index (κ2) is 4.30. The van der Waals surface area contributed by atoms with Crippen molar-refractivity contribution in [2.45, 2.75) is 19.1 Å². The maximum absolute atomic E-state index is 9.33. The van der Waals surface area contributed by atoms with Crippen molar-refractivity contribution in [2.75, 3.05) is 7.11 Å². The highest BCUT2D eigenvalue weighted by Gasteiger charge is 2.13. The average Bonchev–Trinajstić information content (AvgIpc) is 2.17. The Morgan fingerprint density at radius 3 is 2.57 bits per heavy atom. The minimum atomic E-state index is -0.635. The normalized spacial score (nSPS) is 14.9. The van der Waals surface area contributed by atoms with Gasteiger partial charge in [0, 0.05) is 0 Å². The molecular formula is C10H15NO3. The molecule has 0 saturated carbocycles. The molecule has 0 bridgehead atoms. The fourth-order valence-electron chi connectivity index (χ4n) is 1.18. The Balaban J connectivity index is 3.00. The number of aromatic hydroxyl groups is 1. The summed E-state index contributed by atoms with van der Waals surface area (Å²) in [6.45, 7) is 1.62. The molecule has 0 aliphatic heterocycles. The van der Waals surface area contributed by atoms with Crippen LogP contribution in [-0.4, -0.2) is 23.4 Å². The van der Waals surface area contributed by atoms with Crippen molar-refractivity contribution in [2.24, 2.45) is 5.73 Å². The summed E-state index contributed by atoms with van der Waals surface area (Å²) in [6, 6.07) is 4.31. The number of methoxy groups -OCH3 is 1. The van der Waals surface area contributed by atoms with Crippen LogP contribution in [0.2, 0.25) is 0 Å². The monoisotopic (exact) mass is 197 g/mol. The topological polar surface area (TPSA) is 75.7 Å². The van der Waals surface area contributed by atoms with Crippen LogP contribution in [0.5, 0.6) is 11.5 Å². The van der Waals surface area contributed by atoms with E-state index in [0.29, 0.717) is 5.75 Å². The number of aliphatic hydroxyl groups is 1. The number of hydrogen-bond donors (Lipinski definition) is 3. The molecule has 0 aliphatic rings. The molecular weight excluding hydrogens is 182 g/mol. The van der Waals surface area contributed by atoms with Gasteiger partial charge in [0.15, 0.2) is 11.5 Å². The van der Waals surface area contributed by atoms with Crippen molar-refractivity contribution < 1.29 is 14.9 Å². The lowest BCUT2D eigenvalue weighted by molar-refractivity contribution is 0.164. The fourth-order valence-corrected chi connectivity index (χ4v) is 1.18. The molecule has 2 atom stereocenters. The summed E-state index contributed by atoms with van der Waals surface area (Å²) < 4.78 is 4.93. The lowest BCUT2D eigenvalue weighted by Crippen LogP contribution is -2.23. The number of hydrogen-bond acceptors (Lipinski definition) is 4. The minimum absolute atomic E-state index is 0.0639. The molecule has 0 aliphatic carbocycles. The Morgan fingerprint density at radius 2 is 2.07 bits per heavy atom. The average molecular weight is 197 g/mol. The Bertz CT molecular complexity index is 312. The number of benzene rings is 1. The van der Waals surface area contributed by atoms with Gasteiger partial charge in [-0.2, -0.15) is 0 Å². The maximum Gasteiger partial charge on any atom is 0.160 e. The largest absolute Gasteiger partial charge is 0.504 e. The zero-order chi connectivity index (χ0) is 10.7. The number of nitrogens with two attached hydrogens (primary N) is 1. The molecule has 4 heteroatoms. The highest BCUT2D eigenvalue weighted by atomic mass is 16.5. The molecule has 0 amide bonds. The van der Waals surface area contributed by atoms with Crippen molar-refractivity contribution in [3.8, 4) is 11.5 Å². The predicted molar refractivity (Wildman–Crippen MR) is 53.3 cm³/mol. The van der Waals surface area contributed by atoms with Crippen LogP contribution in [0.3, 0.4) is 0 Å². The highest BCUT2D eigenvalue weighted by molar-refractivity contribution is 5.42. The van der Waals surface area contributed by atoms with E-state index in [1.54, 1.807) is 19.1 Å². The van der Waals surface area contributed by atoms with E-state index in [1.807, 2.05) is 0 Å². The molecule has 4 nitrogen and oxygen atoms in total. The van der Waals surface area contributed by atoms with Gasteiger partial charge in [-0.1, -0.05) is 6.07 Å². The molecule has 0 spiro atoms. The summed E-state index contributed by atoms with van der Waals surface area (Å²) in [5.74, 6) is 0.424. The summed E-state index contributed by atoms with van der Waals surface area (Å²) in [5, 5.41) is 18.6. The van der Waals surface area contributed by atoms with Gasteiger partial charge < -0.3 is 20.7 Å². The Labute approximate surface area is 82.9 Å². The van der Waals surface area contributed by atoms with Crippen molar-refractivity contribution in [3.63, 3.8) is 0 Å². The number of aliphatic hydroxyl groups excluding tert-OH is 1. The summed E-state index contributed by atoms with van der Waals surface area (Å²) in [6.07, 6.45) is -0.635. The molecule has 1 rings (SSSR count). The van der Waals surface area contributed by atoms with Crippen LogP contribution in [-0.2, 0) is 0 Å². The van der Waals surface area contributed by atoms with Crippen LogP contribution in [0, 0.1) is 0 Å². The van der Waals surface area contributed by atoms with E-state index in [1.165, 1.54) is 13.2 Å². The summed E-state index contributed by atoms with van der Waals surface area (Å²) in [5.41, 5.74) is 6.46. The van der Waals surface area contributed by atoms with Crippen molar-refractivity contribution >= 4 is 0 Å². The standard InChI is InChI=1S/C10H15NO3/c1-6(12)10(11)7-3-4-8(13)9(5-7)14-2/h3-6,10,12-13H,11H2,1-2H3/t6-,10-/m1/s1. The van der Waals surface area contributed by atoms with Gasteiger partial charge in [0.05, 0.1) is 19.3 Å². The van der Waals surface area contributed by atoms with Crippen LogP contribution in [0.4, 0.5) is 0 Å². The lowest BCUT2D eigenvalue weighted by atomic mass is 10.0. The second-order valence-corrected chi connectivity index (χ2v) is 3.20. The van der Waals surface area contributed by atoms with Gasteiger partial charge in [0.1, 0.15) is 0 Å². The van der Waals surface area contributed by atoms with Crippen LogP contribution in [0.1, 0.15) is 18.5 Å². The molecule has 1 aromatic carbocycles. The molecule has 0 heterocycles. The highest BCUT2D eigenvalue weighted by Crippen LogP contribution is 2.28. The van der Waals surface area contributed by atoms with Gasteiger partial charge in [-0.25, -0.2) is 0 Å². The third-order valence-corrected chi connectivity index (χ3v) is 2.11. The van der Waals surface area contributed by atoms with Crippen LogP contribution in [0.25, 0.3) is 0 Å². The smallest absolute Gasteiger partial charge is 0.160 e. The van der Waals surface area contributed by atoms with E-state index in [-0.39, 0.29) is 5.75 Å². The predicted octanol–water partition coefficient (Wildman–Crippen LogP) is 0.781. The maximum atomic E-state index is 9.33. The second-order valence-electron chi connectivity index (χ2n) is 3.20. The first-order valence-electron chi connectivity index (χ1n) is 4.36. The number of rotatable bonds is 3. The van der Waals surface area contributed by atoms with Gasteiger partial charge >= 0.3 is 0 Å². The molecule has 78 valence electrons. The Kier molecular flexibility index (Phi) is 3.33. The zero-order valence-electron chi connectivity index (χ0n) is 8.27. The fraction of sp³-hybridized carbons (Fsp3) is 0.400. The van der Waals surface area contributed by atoms with Gasteiger partial charge in [0.2, 0.25) is 0 Å². The number of phenols is 1. The van der Waals surface area contributed by atoms with Crippen molar-refractivity contribution in [1.82, 2.24) is 0 Å². The lowest BCUT2D eigenvalue weighted by Gasteiger charge is -2.16. The Morgan fingerprint density at radius 1 is 1.43 bits per heavy atom. The third-order valence-electron chi connectivity index (χ3n) is 2.11. The third kappa shape index (κ3) is 2.16. The van der Waals surface area contributed by atoms with E-state index in [0.717, 1.165) is 5.56 Å². The molecule has 14 heavy (non-hydrogen) atoms. The Hall–Kier alpha value is -1.26. The van der Waals surface area contributed by atoms with Crippen molar-refractivity contribution in [1.29, 1.82) is 0 Å². The molecule has 0 saturated heterocycles. The molecule has 4 N–H and O–H groups in total. The van der Waals surface area contributed by atoms with Crippen LogP contribution >= 0.6 is 0 Å². The first-order chi connectivity index (χ1) is 6.56. The summed E-state index contributed by atoms with van der Waals surface area (Å²) >= 11 is 0. The van der Waals surface area contributed by atoms with E-state index < -0.39 is 12.1 Å². The van der Waals surface area contributed by atoms with E-state index in [9.17, 15) is 10.2 Å².